The Bertz CT molecular complexity index is 1260. The average molecular weight is 517 g/mol. The Kier molecular flexibility index (Phi) is 6.58. The molecular formula is C24H16BrClFNO4. The maximum atomic E-state index is 13.5. The Hall–Kier alpha value is -3.16. The minimum Gasteiger partial charge on any atom is -0.493 e. The molecule has 0 unspecified atom stereocenters. The molecule has 32 heavy (non-hydrogen) atoms. The molecule has 1 aliphatic rings. The highest BCUT2D eigenvalue weighted by Crippen LogP contribution is 2.38. The number of ether oxygens (including phenoxy) is 3. The lowest BCUT2D eigenvalue weighted by Gasteiger charge is -2.14. The van der Waals surface area contributed by atoms with Crippen molar-refractivity contribution in [3.8, 4) is 11.5 Å². The van der Waals surface area contributed by atoms with Gasteiger partial charge in [-0.3, -0.25) is 0 Å². The van der Waals surface area contributed by atoms with Crippen molar-refractivity contribution in [2.75, 3.05) is 7.11 Å². The van der Waals surface area contributed by atoms with E-state index in [2.05, 4.69) is 20.9 Å². The largest absolute Gasteiger partial charge is 0.493 e. The lowest BCUT2D eigenvalue weighted by atomic mass is 10.1. The maximum Gasteiger partial charge on any atom is 0.363 e. The number of hydrogen-bond donors (Lipinski definition) is 0. The van der Waals surface area contributed by atoms with Crippen molar-refractivity contribution in [3.05, 3.63) is 98.4 Å². The molecule has 0 fully saturated rings. The summed E-state index contributed by atoms with van der Waals surface area (Å²) < 4.78 is 30.9. The lowest BCUT2D eigenvalue weighted by Crippen LogP contribution is -2.05. The summed E-state index contributed by atoms with van der Waals surface area (Å²) in [5.74, 6) is -0.281. The molecule has 0 atom stereocenters. The predicted molar refractivity (Wildman–Crippen MR) is 123 cm³/mol. The number of carbonyl (C=O) groups excluding carboxylic acids is 1. The topological polar surface area (TPSA) is 57.1 Å². The van der Waals surface area contributed by atoms with Gasteiger partial charge in [0, 0.05) is 15.6 Å². The van der Waals surface area contributed by atoms with E-state index in [4.69, 9.17) is 25.8 Å². The van der Waals surface area contributed by atoms with Gasteiger partial charge in [-0.1, -0.05) is 51.8 Å². The molecule has 0 spiro atoms. The second-order valence-corrected chi connectivity index (χ2v) is 8.02. The number of methoxy groups -OCH3 is 1. The van der Waals surface area contributed by atoms with Crippen molar-refractivity contribution in [2.45, 2.75) is 6.61 Å². The maximum absolute atomic E-state index is 13.5. The third-order valence-electron chi connectivity index (χ3n) is 4.58. The normalized spacial score (nSPS) is 14.3. The molecule has 5 nitrogen and oxygen atoms in total. The van der Waals surface area contributed by atoms with Gasteiger partial charge >= 0.3 is 5.97 Å². The molecule has 3 aromatic rings. The van der Waals surface area contributed by atoms with Gasteiger partial charge in [-0.05, 0) is 48.0 Å². The summed E-state index contributed by atoms with van der Waals surface area (Å²) >= 11 is 9.93. The molecule has 3 aromatic carbocycles. The van der Waals surface area contributed by atoms with Gasteiger partial charge in [0.25, 0.3) is 0 Å². The summed E-state index contributed by atoms with van der Waals surface area (Å²) in [6.45, 7) is 0.283. The van der Waals surface area contributed by atoms with Crippen molar-refractivity contribution in [1.82, 2.24) is 0 Å². The number of rotatable bonds is 6. The van der Waals surface area contributed by atoms with Crippen molar-refractivity contribution in [3.63, 3.8) is 0 Å². The van der Waals surface area contributed by atoms with Crippen LogP contribution in [0.1, 0.15) is 16.7 Å². The van der Waals surface area contributed by atoms with Gasteiger partial charge < -0.3 is 14.2 Å². The molecule has 0 aromatic heterocycles. The highest BCUT2D eigenvalue weighted by molar-refractivity contribution is 9.10. The van der Waals surface area contributed by atoms with Crippen molar-refractivity contribution in [2.24, 2.45) is 4.99 Å². The number of nitrogens with zero attached hydrogens (tertiary/aromatic N) is 1. The van der Waals surface area contributed by atoms with Crippen LogP contribution in [0.5, 0.6) is 11.5 Å². The molecule has 8 heteroatoms. The van der Waals surface area contributed by atoms with Crippen LogP contribution in [0.4, 0.5) is 4.39 Å². The summed E-state index contributed by atoms with van der Waals surface area (Å²) in [6.07, 6.45) is 1.51. The quantitative estimate of drug-likeness (QED) is 0.290. The number of benzene rings is 3. The third kappa shape index (κ3) is 4.84. The average Bonchev–Trinajstić information content (AvgIpc) is 3.14. The highest BCUT2D eigenvalue weighted by atomic mass is 79.9. The minimum absolute atomic E-state index is 0.0344. The van der Waals surface area contributed by atoms with Crippen molar-refractivity contribution < 1.29 is 23.4 Å². The van der Waals surface area contributed by atoms with Gasteiger partial charge in [-0.2, -0.15) is 0 Å². The van der Waals surface area contributed by atoms with Gasteiger partial charge in [-0.15, -0.1) is 0 Å². The third-order valence-corrected chi connectivity index (χ3v) is 5.63. The minimum atomic E-state index is -0.645. The fraction of sp³-hybridized carbons (Fsp3) is 0.0833. The first kappa shape index (κ1) is 22.0. The van der Waals surface area contributed by atoms with E-state index in [0.29, 0.717) is 27.6 Å². The smallest absolute Gasteiger partial charge is 0.363 e. The van der Waals surface area contributed by atoms with Crippen LogP contribution in [-0.4, -0.2) is 19.0 Å². The molecule has 162 valence electrons. The second-order valence-electron chi connectivity index (χ2n) is 6.76. The monoisotopic (exact) mass is 515 g/mol. The zero-order valence-corrected chi connectivity index (χ0v) is 19.1. The summed E-state index contributed by atoms with van der Waals surface area (Å²) in [7, 11) is 1.50. The molecule has 0 amide bonds. The Balaban J connectivity index is 1.60. The summed E-state index contributed by atoms with van der Waals surface area (Å²) in [5, 5.41) is 0.309. The molecule has 0 aliphatic carbocycles. The van der Waals surface area contributed by atoms with Gasteiger partial charge in [0.2, 0.25) is 5.90 Å². The van der Waals surface area contributed by atoms with Crippen LogP contribution in [0.25, 0.3) is 6.08 Å². The molecule has 4 rings (SSSR count). The summed E-state index contributed by atoms with van der Waals surface area (Å²) in [5.41, 5.74) is 1.94. The molecule has 1 heterocycles. The first-order chi connectivity index (χ1) is 15.4. The Morgan fingerprint density at radius 2 is 1.97 bits per heavy atom. The molecule has 0 saturated carbocycles. The summed E-state index contributed by atoms with van der Waals surface area (Å²) in [4.78, 5) is 16.4. The van der Waals surface area contributed by atoms with E-state index in [9.17, 15) is 9.18 Å². The Labute approximate surface area is 197 Å². The van der Waals surface area contributed by atoms with E-state index in [1.54, 1.807) is 18.2 Å². The number of hydrogen-bond acceptors (Lipinski definition) is 5. The van der Waals surface area contributed by atoms with E-state index in [1.165, 1.54) is 31.4 Å². The van der Waals surface area contributed by atoms with Crippen LogP contribution in [0.3, 0.4) is 0 Å². The SMILES string of the molecule is COc1cc(/C=C2\N=C(c3cccc(F)c3)OC2=O)cc(Cl)c1OCc1ccccc1Br. The number of carbonyl (C=O) groups is 1. The van der Waals surface area contributed by atoms with Crippen LogP contribution in [0.15, 0.2) is 75.8 Å². The van der Waals surface area contributed by atoms with E-state index < -0.39 is 11.8 Å². The van der Waals surface area contributed by atoms with Gasteiger partial charge in [0.1, 0.15) is 12.4 Å². The lowest BCUT2D eigenvalue weighted by molar-refractivity contribution is -0.129. The van der Waals surface area contributed by atoms with Crippen molar-refractivity contribution >= 4 is 45.5 Å². The fourth-order valence-electron chi connectivity index (χ4n) is 3.04. The van der Waals surface area contributed by atoms with Crippen molar-refractivity contribution in [1.29, 1.82) is 0 Å². The van der Waals surface area contributed by atoms with Gasteiger partial charge in [0.15, 0.2) is 17.2 Å². The molecule has 0 saturated heterocycles. The van der Waals surface area contributed by atoms with E-state index in [0.717, 1.165) is 10.0 Å². The van der Waals surface area contributed by atoms with Crippen LogP contribution >= 0.6 is 27.5 Å². The number of cyclic esters (lactones) is 1. The van der Waals surface area contributed by atoms with Gasteiger partial charge in [0.05, 0.1) is 12.1 Å². The van der Waals surface area contributed by atoms with Crippen LogP contribution < -0.4 is 9.47 Å². The second kappa shape index (κ2) is 9.54. The van der Waals surface area contributed by atoms with E-state index in [-0.39, 0.29) is 18.2 Å². The van der Waals surface area contributed by atoms with Crippen LogP contribution in [0.2, 0.25) is 5.02 Å². The number of esters is 1. The van der Waals surface area contributed by atoms with E-state index >= 15 is 0 Å². The number of halogens is 3. The Morgan fingerprint density at radius 3 is 2.72 bits per heavy atom. The standard InChI is InChI=1S/C24H16BrClFNO4/c1-30-21-11-14(9-19(26)22(21)31-13-16-5-2-3-8-18(16)25)10-20-24(29)32-23(28-20)15-6-4-7-17(27)12-15/h2-12H,13H2,1H3/b20-10-. The Morgan fingerprint density at radius 1 is 1.16 bits per heavy atom. The molecule has 0 bridgehead atoms. The first-order valence-electron chi connectivity index (χ1n) is 9.47. The molecule has 0 radical (unpaired) electrons. The predicted octanol–water partition coefficient (Wildman–Crippen LogP) is 6.17. The first-order valence-corrected chi connectivity index (χ1v) is 10.6. The molecule has 1 aliphatic heterocycles. The highest BCUT2D eigenvalue weighted by Gasteiger charge is 2.25. The van der Waals surface area contributed by atoms with E-state index in [1.807, 2.05) is 24.3 Å². The zero-order chi connectivity index (χ0) is 22.7. The van der Waals surface area contributed by atoms with Crippen LogP contribution in [-0.2, 0) is 16.1 Å². The van der Waals surface area contributed by atoms with Crippen LogP contribution in [0, 0.1) is 5.82 Å². The van der Waals surface area contributed by atoms with Gasteiger partial charge in [-0.25, -0.2) is 14.2 Å². The molecular weight excluding hydrogens is 501 g/mol. The number of aliphatic imine (C=N–C) groups is 1. The fourth-order valence-corrected chi connectivity index (χ4v) is 3.71. The zero-order valence-electron chi connectivity index (χ0n) is 16.8. The molecule has 0 N–H and O–H groups in total. The summed E-state index contributed by atoms with van der Waals surface area (Å²) in [6, 6.07) is 16.7.